The van der Waals surface area contributed by atoms with Crippen molar-refractivity contribution in [2.45, 2.75) is 6.54 Å². The van der Waals surface area contributed by atoms with Crippen LogP contribution in [0.1, 0.15) is 15.9 Å². The van der Waals surface area contributed by atoms with E-state index in [0.717, 1.165) is 37.6 Å². The monoisotopic (exact) mass is 440 g/mol. The van der Waals surface area contributed by atoms with Crippen LogP contribution in [-0.4, -0.2) is 80.2 Å². The smallest absolute Gasteiger partial charge is 0.293 e. The number of aromatic nitrogens is 1. The highest BCUT2D eigenvalue weighted by atomic mass is 16.6. The Bertz CT molecular complexity index is 953. The highest BCUT2D eigenvalue weighted by Gasteiger charge is 2.23. The van der Waals surface area contributed by atoms with Gasteiger partial charge in [-0.05, 0) is 30.8 Å². The second-order valence-electron chi connectivity index (χ2n) is 8.06. The highest BCUT2D eigenvalue weighted by molar-refractivity contribution is 5.95. The molecule has 0 radical (unpaired) electrons. The molecule has 2 fully saturated rings. The maximum Gasteiger partial charge on any atom is 0.293 e. The van der Waals surface area contributed by atoms with Gasteiger partial charge in [0, 0.05) is 63.6 Å². The van der Waals surface area contributed by atoms with Crippen LogP contribution in [0.3, 0.4) is 0 Å². The number of hydrogen-bond acceptors (Lipinski definition) is 8. The van der Waals surface area contributed by atoms with Crippen LogP contribution >= 0.6 is 0 Å². The van der Waals surface area contributed by atoms with Crippen LogP contribution < -0.4 is 15.1 Å². The Kier molecular flexibility index (Phi) is 6.81. The number of nitrogens with zero attached hydrogens (tertiary/aromatic N) is 5. The molecule has 10 heteroatoms. The Morgan fingerprint density at radius 1 is 1.09 bits per heavy atom. The zero-order valence-electron chi connectivity index (χ0n) is 18.2. The Morgan fingerprint density at radius 2 is 1.84 bits per heavy atom. The third kappa shape index (κ3) is 5.14. The molecule has 2 aromatic rings. The van der Waals surface area contributed by atoms with Gasteiger partial charge in [0.05, 0.1) is 18.1 Å². The lowest BCUT2D eigenvalue weighted by atomic mass is 10.1. The first-order valence-corrected chi connectivity index (χ1v) is 10.8. The molecule has 2 saturated heterocycles. The van der Waals surface area contributed by atoms with Crippen LogP contribution in [0, 0.1) is 10.1 Å². The van der Waals surface area contributed by atoms with Crippen LogP contribution in [0.4, 0.5) is 17.2 Å². The maximum atomic E-state index is 12.6. The van der Waals surface area contributed by atoms with Crippen LogP contribution in [0.5, 0.6) is 0 Å². The number of hydrogen-bond donors (Lipinski definition) is 1. The molecule has 4 rings (SSSR count). The molecule has 0 bridgehead atoms. The van der Waals surface area contributed by atoms with Gasteiger partial charge in [0.1, 0.15) is 11.5 Å². The molecular formula is C22H28N6O4. The summed E-state index contributed by atoms with van der Waals surface area (Å²) in [6.45, 7) is 6.44. The number of nitro benzene ring substituents is 1. The summed E-state index contributed by atoms with van der Waals surface area (Å²) in [4.78, 5) is 34.8. The summed E-state index contributed by atoms with van der Waals surface area (Å²) in [6, 6.07) is 8.53. The summed E-state index contributed by atoms with van der Waals surface area (Å²) >= 11 is 0. The van der Waals surface area contributed by atoms with Crippen molar-refractivity contribution in [1.82, 2.24) is 15.2 Å². The van der Waals surface area contributed by atoms with E-state index in [1.165, 1.54) is 6.07 Å². The summed E-state index contributed by atoms with van der Waals surface area (Å²) < 4.78 is 5.32. The molecule has 0 atom stereocenters. The van der Waals surface area contributed by atoms with Gasteiger partial charge in [-0.3, -0.25) is 14.9 Å². The molecule has 170 valence electrons. The number of likely N-dealkylation sites (N-methyl/N-ethyl adjacent to an activating group) is 1. The minimum absolute atomic E-state index is 0.0715. The average molecular weight is 441 g/mol. The van der Waals surface area contributed by atoms with Crippen LogP contribution in [-0.2, 0) is 11.3 Å². The number of carbonyl (C=O) groups excluding carboxylic acids is 1. The summed E-state index contributed by atoms with van der Waals surface area (Å²) in [5.74, 6) is 0.576. The SMILES string of the molecule is CN1CCN(c2ccc(CNC(=O)c3ccc(N4CCOCC4)c([N+](=O)[O-])c3)cn2)CC1. The van der Waals surface area contributed by atoms with Crippen LogP contribution in [0.15, 0.2) is 36.5 Å². The third-order valence-corrected chi connectivity index (χ3v) is 5.88. The first kappa shape index (κ1) is 22.0. The van der Waals surface area contributed by atoms with E-state index in [9.17, 15) is 14.9 Å². The van der Waals surface area contributed by atoms with E-state index in [-0.39, 0.29) is 17.2 Å². The Labute approximate surface area is 186 Å². The van der Waals surface area contributed by atoms with Crippen molar-refractivity contribution in [3.05, 3.63) is 57.8 Å². The van der Waals surface area contributed by atoms with Gasteiger partial charge >= 0.3 is 0 Å². The molecule has 32 heavy (non-hydrogen) atoms. The van der Waals surface area contributed by atoms with Crippen molar-refractivity contribution >= 4 is 23.1 Å². The second kappa shape index (κ2) is 9.92. The lowest BCUT2D eigenvalue weighted by Gasteiger charge is -2.33. The predicted octanol–water partition coefficient (Wildman–Crippen LogP) is 1.51. The minimum Gasteiger partial charge on any atom is -0.378 e. The summed E-state index contributed by atoms with van der Waals surface area (Å²) in [5.41, 5.74) is 1.57. The Morgan fingerprint density at radius 3 is 2.50 bits per heavy atom. The first-order chi connectivity index (χ1) is 15.5. The van der Waals surface area contributed by atoms with E-state index >= 15 is 0 Å². The van der Waals surface area contributed by atoms with E-state index < -0.39 is 4.92 Å². The van der Waals surface area contributed by atoms with Gasteiger partial charge in [0.25, 0.3) is 11.6 Å². The quantitative estimate of drug-likeness (QED) is 0.533. The second-order valence-corrected chi connectivity index (χ2v) is 8.06. The molecule has 2 aliphatic heterocycles. The van der Waals surface area contributed by atoms with E-state index in [2.05, 4.69) is 27.1 Å². The number of benzene rings is 1. The van der Waals surface area contributed by atoms with Crippen LogP contribution in [0.25, 0.3) is 0 Å². The Hall–Kier alpha value is -3.24. The zero-order valence-corrected chi connectivity index (χ0v) is 18.2. The number of carbonyl (C=O) groups is 1. The van der Waals surface area contributed by atoms with Crippen LogP contribution in [0.2, 0.25) is 0 Å². The van der Waals surface area contributed by atoms with E-state index in [1.807, 2.05) is 17.0 Å². The molecule has 10 nitrogen and oxygen atoms in total. The van der Waals surface area contributed by atoms with Crippen molar-refractivity contribution in [2.24, 2.45) is 0 Å². The van der Waals surface area contributed by atoms with Gasteiger partial charge in [-0.15, -0.1) is 0 Å². The number of nitro groups is 1. The zero-order chi connectivity index (χ0) is 22.5. The van der Waals surface area contributed by atoms with Gasteiger partial charge in [-0.25, -0.2) is 4.98 Å². The molecule has 1 amide bonds. The number of pyridine rings is 1. The molecule has 3 heterocycles. The fourth-order valence-electron chi connectivity index (χ4n) is 3.91. The topological polar surface area (TPSA) is 104 Å². The van der Waals surface area contributed by atoms with Crippen molar-refractivity contribution in [3.63, 3.8) is 0 Å². The van der Waals surface area contributed by atoms with Crippen molar-refractivity contribution in [1.29, 1.82) is 0 Å². The van der Waals surface area contributed by atoms with Gasteiger partial charge in [0.2, 0.25) is 0 Å². The molecule has 2 aliphatic rings. The normalized spacial score (nSPS) is 17.3. The summed E-state index contributed by atoms with van der Waals surface area (Å²) in [5, 5.41) is 14.4. The third-order valence-electron chi connectivity index (χ3n) is 5.88. The number of piperazine rings is 1. The molecular weight excluding hydrogens is 412 g/mol. The molecule has 1 aromatic carbocycles. The molecule has 1 aromatic heterocycles. The molecule has 0 saturated carbocycles. The first-order valence-electron chi connectivity index (χ1n) is 10.8. The predicted molar refractivity (Wildman–Crippen MR) is 121 cm³/mol. The molecule has 0 spiro atoms. The molecule has 0 aliphatic carbocycles. The standard InChI is InChI=1S/C22H28N6O4/c1-25-6-8-27(9-7-25)21-5-2-17(15-23-21)16-24-22(29)18-3-4-19(20(14-18)28(30)31)26-10-12-32-13-11-26/h2-5,14-15H,6-13,16H2,1H3,(H,24,29). The van der Waals surface area contributed by atoms with Crippen molar-refractivity contribution in [2.75, 3.05) is 69.3 Å². The minimum atomic E-state index is -0.442. The highest BCUT2D eigenvalue weighted by Crippen LogP contribution is 2.30. The van der Waals surface area contributed by atoms with Gasteiger partial charge < -0.3 is 24.8 Å². The van der Waals surface area contributed by atoms with E-state index in [1.54, 1.807) is 18.3 Å². The summed E-state index contributed by atoms with van der Waals surface area (Å²) in [6.07, 6.45) is 1.76. The number of morpholine rings is 1. The average Bonchev–Trinajstić information content (AvgIpc) is 2.83. The van der Waals surface area contributed by atoms with Crippen molar-refractivity contribution in [3.8, 4) is 0 Å². The Balaban J connectivity index is 1.38. The fourth-order valence-corrected chi connectivity index (χ4v) is 3.91. The van der Waals surface area contributed by atoms with Gasteiger partial charge in [-0.1, -0.05) is 6.07 Å². The van der Waals surface area contributed by atoms with Gasteiger partial charge in [0.15, 0.2) is 0 Å². The van der Waals surface area contributed by atoms with Crippen molar-refractivity contribution < 1.29 is 14.5 Å². The summed E-state index contributed by atoms with van der Waals surface area (Å²) in [7, 11) is 2.11. The van der Waals surface area contributed by atoms with E-state index in [4.69, 9.17) is 4.74 Å². The largest absolute Gasteiger partial charge is 0.378 e. The maximum absolute atomic E-state index is 12.6. The van der Waals surface area contributed by atoms with Gasteiger partial charge in [-0.2, -0.15) is 0 Å². The number of amides is 1. The molecule has 0 unspecified atom stereocenters. The van der Waals surface area contributed by atoms with E-state index in [0.29, 0.717) is 38.5 Å². The number of anilines is 2. The number of nitrogens with one attached hydrogen (secondary N) is 1. The number of ether oxygens (including phenoxy) is 1. The molecule has 1 N–H and O–H groups in total. The fraction of sp³-hybridized carbons (Fsp3) is 0.455. The lowest BCUT2D eigenvalue weighted by Crippen LogP contribution is -2.44. The number of rotatable bonds is 6. The lowest BCUT2D eigenvalue weighted by molar-refractivity contribution is -0.384.